The highest BCUT2D eigenvalue weighted by Crippen LogP contribution is 2.17. The Morgan fingerprint density at radius 2 is 2.35 bits per heavy atom. The van der Waals surface area contributed by atoms with Crippen LogP contribution in [0.3, 0.4) is 0 Å². The molecule has 0 spiro atoms. The summed E-state index contributed by atoms with van der Waals surface area (Å²) in [5.74, 6) is -0.330. The summed E-state index contributed by atoms with van der Waals surface area (Å²) in [7, 11) is 0. The average molecular weight is 279 g/mol. The number of aromatic nitrogens is 2. The molecule has 1 heterocycles. The van der Waals surface area contributed by atoms with Crippen molar-refractivity contribution in [1.29, 1.82) is 0 Å². The number of benzene rings is 1. The molecule has 1 aromatic carbocycles. The van der Waals surface area contributed by atoms with Crippen molar-refractivity contribution in [2.75, 3.05) is 25.1 Å². The number of anilines is 1. The van der Waals surface area contributed by atoms with Crippen LogP contribution in [-0.2, 0) is 4.74 Å². The maximum absolute atomic E-state index is 11.6. The Kier molecular flexibility index (Phi) is 4.54. The van der Waals surface area contributed by atoms with Crippen molar-refractivity contribution in [1.82, 2.24) is 9.97 Å². The van der Waals surface area contributed by atoms with Gasteiger partial charge in [0.1, 0.15) is 0 Å². The van der Waals surface area contributed by atoms with Gasteiger partial charge >= 0.3 is 5.97 Å². The highest BCUT2D eigenvalue weighted by atomic mass is 16.5. The third-order valence-electron chi connectivity index (χ3n) is 2.70. The van der Waals surface area contributed by atoms with Crippen molar-refractivity contribution >= 4 is 22.7 Å². The molecule has 0 aliphatic carbocycles. The number of fused-ring (bicyclic) bond motifs is 1. The number of aromatic amines is 1. The van der Waals surface area contributed by atoms with Gasteiger partial charge in [0.25, 0.3) is 0 Å². The molecule has 108 valence electrons. The number of carbonyl (C=O) groups excluding carboxylic acids is 1. The van der Waals surface area contributed by atoms with Crippen LogP contribution in [0.25, 0.3) is 11.0 Å². The Bertz CT molecular complexity index is 596. The van der Waals surface area contributed by atoms with E-state index in [9.17, 15) is 9.90 Å². The molecular weight excluding hydrogens is 262 g/mol. The molecule has 0 aliphatic heterocycles. The second kappa shape index (κ2) is 6.36. The average Bonchev–Trinajstić information content (AvgIpc) is 2.88. The van der Waals surface area contributed by atoms with E-state index >= 15 is 0 Å². The molecule has 0 saturated carbocycles. The Balaban J connectivity index is 2.15. The lowest BCUT2D eigenvalue weighted by Gasteiger charge is -2.09. The molecule has 0 radical (unpaired) electrons. The van der Waals surface area contributed by atoms with Gasteiger partial charge < -0.3 is 25.3 Å². The second-order valence-electron chi connectivity index (χ2n) is 4.26. The van der Waals surface area contributed by atoms with Gasteiger partial charge in [-0.05, 0) is 25.1 Å². The second-order valence-corrected chi connectivity index (χ2v) is 4.26. The first-order valence-electron chi connectivity index (χ1n) is 6.33. The predicted octanol–water partition coefficient (Wildman–Crippen LogP) is 0.505. The van der Waals surface area contributed by atoms with Crippen molar-refractivity contribution in [2.24, 2.45) is 0 Å². The highest BCUT2D eigenvalue weighted by molar-refractivity contribution is 5.91. The summed E-state index contributed by atoms with van der Waals surface area (Å²) in [6.07, 6.45) is -0.817. The molecule has 4 N–H and O–H groups in total. The molecule has 0 fully saturated rings. The maximum Gasteiger partial charge on any atom is 0.374 e. The topological polar surface area (TPSA) is 107 Å². The minimum Gasteiger partial charge on any atom is -0.460 e. The van der Waals surface area contributed by atoms with Crippen molar-refractivity contribution in [2.45, 2.75) is 13.0 Å². The van der Waals surface area contributed by atoms with Crippen LogP contribution in [0.1, 0.15) is 17.5 Å². The zero-order chi connectivity index (χ0) is 14.5. The van der Waals surface area contributed by atoms with Gasteiger partial charge in [-0.3, -0.25) is 0 Å². The number of esters is 1. The SMILES string of the molecule is CCOC(=O)c1nc2ccc(NCC(O)CO)cc2[nH]1. The summed E-state index contributed by atoms with van der Waals surface area (Å²) in [5, 5.41) is 21.0. The third kappa shape index (κ3) is 3.25. The van der Waals surface area contributed by atoms with Crippen molar-refractivity contribution in [3.05, 3.63) is 24.0 Å². The molecule has 1 unspecified atom stereocenters. The predicted molar refractivity (Wildman–Crippen MR) is 73.6 cm³/mol. The first-order chi connectivity index (χ1) is 9.63. The summed E-state index contributed by atoms with van der Waals surface area (Å²) in [6.45, 7) is 1.96. The number of nitrogens with zero attached hydrogens (tertiary/aromatic N) is 1. The molecule has 0 bridgehead atoms. The summed E-state index contributed by atoms with van der Waals surface area (Å²) in [5.41, 5.74) is 2.10. The van der Waals surface area contributed by atoms with Crippen LogP contribution in [0.2, 0.25) is 0 Å². The third-order valence-corrected chi connectivity index (χ3v) is 2.70. The summed E-state index contributed by atoms with van der Waals surface area (Å²) < 4.78 is 4.87. The van der Waals surface area contributed by atoms with E-state index in [1.54, 1.807) is 25.1 Å². The van der Waals surface area contributed by atoms with Crippen LogP contribution in [0, 0.1) is 0 Å². The molecule has 0 saturated heterocycles. The molecular formula is C13H17N3O4. The number of nitrogens with one attached hydrogen (secondary N) is 2. The van der Waals surface area contributed by atoms with Gasteiger partial charge in [-0.15, -0.1) is 0 Å². The van der Waals surface area contributed by atoms with Crippen LogP contribution < -0.4 is 5.32 Å². The Morgan fingerprint density at radius 1 is 1.55 bits per heavy atom. The van der Waals surface area contributed by atoms with Crippen molar-refractivity contribution < 1.29 is 19.7 Å². The van der Waals surface area contributed by atoms with Crippen LogP contribution in [0.5, 0.6) is 0 Å². The Labute approximate surface area is 115 Å². The molecule has 2 aromatic rings. The normalized spacial score (nSPS) is 12.3. The standard InChI is InChI=1S/C13H17N3O4/c1-2-20-13(19)12-15-10-4-3-8(5-11(10)16-12)14-6-9(18)7-17/h3-5,9,14,17-18H,2,6-7H2,1H3,(H,15,16). The summed E-state index contributed by atoms with van der Waals surface area (Å²) in [4.78, 5) is 18.6. The zero-order valence-electron chi connectivity index (χ0n) is 11.1. The quantitative estimate of drug-likeness (QED) is 0.574. The van der Waals surface area contributed by atoms with Crippen LogP contribution in [0.15, 0.2) is 18.2 Å². The van der Waals surface area contributed by atoms with E-state index in [1.165, 1.54) is 0 Å². The lowest BCUT2D eigenvalue weighted by atomic mass is 10.2. The fourth-order valence-electron chi connectivity index (χ4n) is 1.72. The summed E-state index contributed by atoms with van der Waals surface area (Å²) in [6, 6.07) is 5.31. The van der Waals surface area contributed by atoms with Gasteiger partial charge in [0, 0.05) is 12.2 Å². The van der Waals surface area contributed by atoms with Gasteiger partial charge in [-0.1, -0.05) is 0 Å². The molecule has 2 rings (SSSR count). The van der Waals surface area contributed by atoms with Gasteiger partial charge in [-0.2, -0.15) is 0 Å². The summed E-state index contributed by atoms with van der Waals surface area (Å²) >= 11 is 0. The monoisotopic (exact) mass is 279 g/mol. The van der Waals surface area contributed by atoms with Gasteiger partial charge in [-0.25, -0.2) is 9.78 Å². The minimum absolute atomic E-state index is 0.161. The van der Waals surface area contributed by atoms with Crippen LogP contribution in [-0.4, -0.2) is 52.0 Å². The molecule has 7 nitrogen and oxygen atoms in total. The van der Waals surface area contributed by atoms with Gasteiger partial charge in [0.15, 0.2) is 0 Å². The van der Waals surface area contributed by atoms with Crippen molar-refractivity contribution in [3.8, 4) is 0 Å². The number of carbonyl (C=O) groups is 1. The van der Waals surface area contributed by atoms with Gasteiger partial charge in [0.05, 0.1) is 30.4 Å². The lowest BCUT2D eigenvalue weighted by molar-refractivity contribution is 0.0513. The number of ether oxygens (including phenoxy) is 1. The first-order valence-corrected chi connectivity index (χ1v) is 6.33. The highest BCUT2D eigenvalue weighted by Gasteiger charge is 2.12. The Hall–Kier alpha value is -2.12. The number of hydrogen-bond donors (Lipinski definition) is 4. The Morgan fingerprint density at radius 3 is 3.05 bits per heavy atom. The molecule has 0 amide bonds. The number of hydrogen-bond acceptors (Lipinski definition) is 6. The van der Waals surface area contributed by atoms with E-state index in [4.69, 9.17) is 9.84 Å². The number of imidazole rings is 1. The van der Waals surface area contributed by atoms with E-state index in [2.05, 4.69) is 15.3 Å². The van der Waals surface area contributed by atoms with E-state index in [0.717, 1.165) is 5.69 Å². The molecule has 1 aromatic heterocycles. The number of aliphatic hydroxyl groups excluding tert-OH is 2. The van der Waals surface area contributed by atoms with E-state index in [0.29, 0.717) is 17.6 Å². The largest absolute Gasteiger partial charge is 0.460 e. The minimum atomic E-state index is -0.817. The molecule has 7 heteroatoms. The van der Waals surface area contributed by atoms with E-state index in [-0.39, 0.29) is 19.0 Å². The zero-order valence-corrected chi connectivity index (χ0v) is 11.1. The fourth-order valence-corrected chi connectivity index (χ4v) is 1.72. The molecule has 0 aliphatic rings. The lowest BCUT2D eigenvalue weighted by Crippen LogP contribution is -2.22. The fraction of sp³-hybridized carbons (Fsp3) is 0.385. The first kappa shape index (κ1) is 14.3. The van der Waals surface area contributed by atoms with Crippen LogP contribution in [0.4, 0.5) is 5.69 Å². The van der Waals surface area contributed by atoms with Crippen LogP contribution >= 0.6 is 0 Å². The number of H-pyrrole nitrogens is 1. The van der Waals surface area contributed by atoms with Gasteiger partial charge in [0.2, 0.25) is 5.82 Å². The van der Waals surface area contributed by atoms with Crippen molar-refractivity contribution in [3.63, 3.8) is 0 Å². The molecule has 1 atom stereocenters. The van der Waals surface area contributed by atoms with E-state index in [1.807, 2.05) is 0 Å². The maximum atomic E-state index is 11.6. The number of aliphatic hydroxyl groups is 2. The smallest absolute Gasteiger partial charge is 0.374 e. The number of rotatable bonds is 6. The molecule has 20 heavy (non-hydrogen) atoms. The van der Waals surface area contributed by atoms with E-state index < -0.39 is 12.1 Å².